The minimum atomic E-state index is -0.0567. The topological polar surface area (TPSA) is 54.7 Å². The van der Waals surface area contributed by atoms with Crippen LogP contribution in [0.25, 0.3) is 0 Å². The number of rotatable bonds is 3. The van der Waals surface area contributed by atoms with Gasteiger partial charge in [0, 0.05) is 5.69 Å². The fraction of sp³-hybridized carbons (Fsp3) is 0.357. The minimum Gasteiger partial charge on any atom is -0.337 e. The standard InChI is InChI=1S/C14H17N3S/c15-13(10-6-2-1-3-7-10)18-14-16-11-8-4-5-9-12(11)17-14/h1-3,6-7,13H,4-5,8-9,15H2,(H,16,17). The molecule has 0 saturated heterocycles. The molecule has 1 aliphatic carbocycles. The normalized spacial score (nSPS) is 16.3. The Kier molecular flexibility index (Phi) is 3.39. The van der Waals surface area contributed by atoms with Gasteiger partial charge in [-0.3, -0.25) is 0 Å². The molecule has 0 spiro atoms. The molecule has 1 aromatic carbocycles. The van der Waals surface area contributed by atoms with E-state index >= 15 is 0 Å². The van der Waals surface area contributed by atoms with Crippen LogP contribution in [0.15, 0.2) is 35.5 Å². The maximum absolute atomic E-state index is 6.19. The van der Waals surface area contributed by atoms with Crippen LogP contribution in [-0.2, 0) is 12.8 Å². The third-order valence-corrected chi connectivity index (χ3v) is 4.24. The zero-order valence-corrected chi connectivity index (χ0v) is 11.0. The van der Waals surface area contributed by atoms with Gasteiger partial charge in [-0.25, -0.2) is 4.98 Å². The second-order valence-corrected chi connectivity index (χ2v) is 5.75. The van der Waals surface area contributed by atoms with E-state index in [2.05, 4.69) is 22.1 Å². The van der Waals surface area contributed by atoms with Crippen LogP contribution in [0.4, 0.5) is 0 Å². The molecule has 18 heavy (non-hydrogen) atoms. The second-order valence-electron chi connectivity index (χ2n) is 4.62. The molecule has 3 N–H and O–H groups in total. The molecule has 0 saturated carbocycles. The Morgan fingerprint density at radius 3 is 2.72 bits per heavy atom. The van der Waals surface area contributed by atoms with Crippen molar-refractivity contribution in [3.63, 3.8) is 0 Å². The van der Waals surface area contributed by atoms with Crippen molar-refractivity contribution in [2.75, 3.05) is 0 Å². The molecule has 0 amide bonds. The zero-order chi connectivity index (χ0) is 12.4. The average Bonchev–Trinajstić information content (AvgIpc) is 2.82. The molecular formula is C14H17N3S. The molecule has 0 radical (unpaired) electrons. The van der Waals surface area contributed by atoms with E-state index in [0.717, 1.165) is 23.6 Å². The Hall–Kier alpha value is -1.26. The Morgan fingerprint density at radius 1 is 1.17 bits per heavy atom. The van der Waals surface area contributed by atoms with Gasteiger partial charge in [0.15, 0.2) is 5.16 Å². The first-order valence-electron chi connectivity index (χ1n) is 6.38. The van der Waals surface area contributed by atoms with Crippen molar-refractivity contribution in [1.29, 1.82) is 0 Å². The number of aromatic nitrogens is 2. The van der Waals surface area contributed by atoms with E-state index < -0.39 is 0 Å². The van der Waals surface area contributed by atoms with E-state index in [4.69, 9.17) is 5.73 Å². The van der Waals surface area contributed by atoms with Crippen LogP contribution >= 0.6 is 11.8 Å². The molecule has 94 valence electrons. The molecule has 1 aliphatic rings. The fourth-order valence-corrected chi connectivity index (χ4v) is 3.19. The van der Waals surface area contributed by atoms with Crippen LogP contribution in [-0.4, -0.2) is 9.97 Å². The summed E-state index contributed by atoms with van der Waals surface area (Å²) in [5.74, 6) is 0. The Balaban J connectivity index is 1.74. The third-order valence-electron chi connectivity index (χ3n) is 3.30. The molecule has 4 heteroatoms. The Bertz CT molecular complexity index is 498. The van der Waals surface area contributed by atoms with Gasteiger partial charge in [0.05, 0.1) is 11.1 Å². The molecule has 0 aliphatic heterocycles. The largest absolute Gasteiger partial charge is 0.337 e. The molecule has 2 aromatic rings. The maximum Gasteiger partial charge on any atom is 0.167 e. The van der Waals surface area contributed by atoms with Crippen LogP contribution in [0.2, 0.25) is 0 Å². The predicted molar refractivity (Wildman–Crippen MR) is 74.5 cm³/mol. The lowest BCUT2D eigenvalue weighted by molar-refractivity contribution is 0.667. The minimum absolute atomic E-state index is 0.0567. The summed E-state index contributed by atoms with van der Waals surface area (Å²) in [6.45, 7) is 0. The maximum atomic E-state index is 6.19. The van der Waals surface area contributed by atoms with Crippen molar-refractivity contribution in [2.24, 2.45) is 5.73 Å². The summed E-state index contributed by atoms with van der Waals surface area (Å²) in [5.41, 5.74) is 9.87. The highest BCUT2D eigenvalue weighted by atomic mass is 32.2. The van der Waals surface area contributed by atoms with Crippen molar-refractivity contribution in [1.82, 2.24) is 9.97 Å². The van der Waals surface area contributed by atoms with E-state index in [9.17, 15) is 0 Å². The van der Waals surface area contributed by atoms with E-state index in [-0.39, 0.29) is 5.37 Å². The monoisotopic (exact) mass is 259 g/mol. The number of nitrogens with two attached hydrogens (primary N) is 1. The average molecular weight is 259 g/mol. The first kappa shape index (κ1) is 11.8. The lowest BCUT2D eigenvalue weighted by Crippen LogP contribution is -2.05. The smallest absolute Gasteiger partial charge is 0.167 e. The molecule has 1 aromatic heterocycles. The van der Waals surface area contributed by atoms with E-state index in [0.29, 0.717) is 0 Å². The predicted octanol–water partition coefficient (Wildman–Crippen LogP) is 3.04. The number of aromatic amines is 1. The van der Waals surface area contributed by atoms with Crippen molar-refractivity contribution >= 4 is 11.8 Å². The lowest BCUT2D eigenvalue weighted by atomic mass is 10.0. The van der Waals surface area contributed by atoms with Crippen LogP contribution in [0, 0.1) is 0 Å². The summed E-state index contributed by atoms with van der Waals surface area (Å²) >= 11 is 1.60. The molecule has 0 fully saturated rings. The van der Waals surface area contributed by atoms with E-state index in [1.165, 1.54) is 24.2 Å². The molecule has 1 atom stereocenters. The highest BCUT2D eigenvalue weighted by Gasteiger charge is 2.16. The molecule has 1 heterocycles. The van der Waals surface area contributed by atoms with Gasteiger partial charge >= 0.3 is 0 Å². The summed E-state index contributed by atoms with van der Waals surface area (Å²) in [7, 11) is 0. The highest BCUT2D eigenvalue weighted by molar-refractivity contribution is 7.99. The first-order chi connectivity index (χ1) is 8.83. The van der Waals surface area contributed by atoms with Crippen LogP contribution in [0.3, 0.4) is 0 Å². The second kappa shape index (κ2) is 5.16. The third kappa shape index (κ3) is 2.44. The quantitative estimate of drug-likeness (QED) is 0.658. The molecule has 0 bridgehead atoms. The number of imidazole rings is 1. The molecule has 3 rings (SSSR count). The summed E-state index contributed by atoms with van der Waals surface area (Å²) in [5, 5.41) is 0.900. The number of H-pyrrole nitrogens is 1. The molecule has 1 unspecified atom stereocenters. The zero-order valence-electron chi connectivity index (χ0n) is 10.2. The number of benzene rings is 1. The van der Waals surface area contributed by atoms with Crippen LogP contribution < -0.4 is 5.73 Å². The number of nitrogens with one attached hydrogen (secondary N) is 1. The lowest BCUT2D eigenvalue weighted by Gasteiger charge is -2.09. The number of aryl methyl sites for hydroxylation is 2. The van der Waals surface area contributed by atoms with Gasteiger partial charge in [-0.05, 0) is 31.2 Å². The van der Waals surface area contributed by atoms with E-state index in [1.807, 2.05) is 18.2 Å². The highest BCUT2D eigenvalue weighted by Crippen LogP contribution is 2.31. The van der Waals surface area contributed by atoms with Crippen LogP contribution in [0.5, 0.6) is 0 Å². The van der Waals surface area contributed by atoms with Gasteiger partial charge in [0.2, 0.25) is 0 Å². The van der Waals surface area contributed by atoms with Crippen LogP contribution in [0.1, 0.15) is 35.2 Å². The van der Waals surface area contributed by atoms with E-state index in [1.54, 1.807) is 11.8 Å². The summed E-state index contributed by atoms with van der Waals surface area (Å²) in [4.78, 5) is 8.05. The fourth-order valence-electron chi connectivity index (χ4n) is 2.31. The van der Waals surface area contributed by atoms with Gasteiger partial charge < -0.3 is 10.7 Å². The van der Waals surface area contributed by atoms with Crippen molar-refractivity contribution in [3.05, 3.63) is 47.3 Å². The number of nitrogens with zero attached hydrogens (tertiary/aromatic N) is 1. The van der Waals surface area contributed by atoms with Crippen molar-refractivity contribution in [3.8, 4) is 0 Å². The number of fused-ring (bicyclic) bond motifs is 1. The number of hydrogen-bond donors (Lipinski definition) is 2. The Morgan fingerprint density at radius 2 is 1.94 bits per heavy atom. The summed E-state index contributed by atoms with van der Waals surface area (Å²) in [6, 6.07) is 10.2. The SMILES string of the molecule is NC(Sc1nc2c([nH]1)CCCC2)c1ccccc1. The van der Waals surface area contributed by atoms with Gasteiger partial charge in [0.1, 0.15) is 0 Å². The number of hydrogen-bond acceptors (Lipinski definition) is 3. The summed E-state index contributed by atoms with van der Waals surface area (Å²) < 4.78 is 0. The molecular weight excluding hydrogens is 242 g/mol. The van der Waals surface area contributed by atoms with Gasteiger partial charge in [-0.1, -0.05) is 42.1 Å². The number of thioether (sulfide) groups is 1. The first-order valence-corrected chi connectivity index (χ1v) is 7.26. The van der Waals surface area contributed by atoms with Crippen molar-refractivity contribution < 1.29 is 0 Å². The van der Waals surface area contributed by atoms with Crippen molar-refractivity contribution in [2.45, 2.75) is 36.2 Å². The Labute approximate surface area is 111 Å². The summed E-state index contributed by atoms with van der Waals surface area (Å²) in [6.07, 6.45) is 4.76. The van der Waals surface area contributed by atoms with Gasteiger partial charge in [-0.2, -0.15) is 0 Å². The van der Waals surface area contributed by atoms with Gasteiger partial charge in [-0.15, -0.1) is 0 Å². The van der Waals surface area contributed by atoms with Gasteiger partial charge in [0.25, 0.3) is 0 Å². The molecule has 3 nitrogen and oxygen atoms in total.